The lowest BCUT2D eigenvalue weighted by molar-refractivity contribution is 0.278. The summed E-state index contributed by atoms with van der Waals surface area (Å²) >= 11 is 5.93. The number of hydrogen-bond donors (Lipinski definition) is 1. The summed E-state index contributed by atoms with van der Waals surface area (Å²) in [5.41, 5.74) is 2.24. The number of hydrogen-bond acceptors (Lipinski definition) is 3. The molecule has 0 aromatic heterocycles. The molecule has 0 aliphatic rings. The SMILES string of the molecule is CCC(C)(C)NCc1cccc(OC)c1OCc1ccc(Cl)cc1.Cl. The lowest BCUT2D eigenvalue weighted by Crippen LogP contribution is -2.37. The Morgan fingerprint density at radius 3 is 2.36 bits per heavy atom. The van der Waals surface area contributed by atoms with Crippen LogP contribution in [0.15, 0.2) is 42.5 Å². The summed E-state index contributed by atoms with van der Waals surface area (Å²) in [5, 5.41) is 4.29. The molecule has 0 saturated heterocycles. The number of halogens is 2. The van der Waals surface area contributed by atoms with E-state index in [1.807, 2.05) is 36.4 Å². The highest BCUT2D eigenvalue weighted by Crippen LogP contribution is 2.32. The van der Waals surface area contributed by atoms with E-state index in [4.69, 9.17) is 21.1 Å². The summed E-state index contributed by atoms with van der Waals surface area (Å²) in [5.74, 6) is 1.53. The molecule has 0 aliphatic carbocycles. The van der Waals surface area contributed by atoms with E-state index < -0.39 is 0 Å². The molecule has 0 amide bonds. The lowest BCUT2D eigenvalue weighted by Gasteiger charge is -2.25. The van der Waals surface area contributed by atoms with Crippen LogP contribution >= 0.6 is 24.0 Å². The van der Waals surface area contributed by atoms with E-state index >= 15 is 0 Å². The quantitative estimate of drug-likeness (QED) is 0.640. The first-order valence-corrected chi connectivity index (χ1v) is 8.61. The molecule has 0 aliphatic heterocycles. The average molecular weight is 384 g/mol. The Balaban J connectivity index is 0.00000312. The van der Waals surface area contributed by atoms with Crippen LogP contribution in [0.25, 0.3) is 0 Å². The maximum absolute atomic E-state index is 6.08. The number of rotatable bonds is 8. The Hall–Kier alpha value is -1.42. The van der Waals surface area contributed by atoms with Crippen molar-refractivity contribution in [3.8, 4) is 11.5 Å². The van der Waals surface area contributed by atoms with Gasteiger partial charge in [-0.25, -0.2) is 0 Å². The highest BCUT2D eigenvalue weighted by atomic mass is 35.5. The van der Waals surface area contributed by atoms with Gasteiger partial charge in [-0.2, -0.15) is 0 Å². The van der Waals surface area contributed by atoms with E-state index in [9.17, 15) is 0 Å². The largest absolute Gasteiger partial charge is 0.493 e. The Morgan fingerprint density at radius 2 is 1.76 bits per heavy atom. The summed E-state index contributed by atoms with van der Waals surface area (Å²) in [6.45, 7) is 7.77. The van der Waals surface area contributed by atoms with Gasteiger partial charge < -0.3 is 14.8 Å². The molecule has 0 radical (unpaired) electrons. The topological polar surface area (TPSA) is 30.5 Å². The van der Waals surface area contributed by atoms with Crippen LogP contribution in [0.1, 0.15) is 38.3 Å². The van der Waals surface area contributed by atoms with E-state index in [-0.39, 0.29) is 17.9 Å². The van der Waals surface area contributed by atoms with Gasteiger partial charge in [0.15, 0.2) is 11.5 Å². The third-order valence-corrected chi connectivity index (χ3v) is 4.47. The molecule has 0 spiro atoms. The van der Waals surface area contributed by atoms with Crippen molar-refractivity contribution in [1.29, 1.82) is 0 Å². The fourth-order valence-corrected chi connectivity index (χ4v) is 2.35. The van der Waals surface area contributed by atoms with Crippen molar-refractivity contribution in [3.05, 3.63) is 58.6 Å². The van der Waals surface area contributed by atoms with Crippen molar-refractivity contribution in [3.63, 3.8) is 0 Å². The maximum atomic E-state index is 6.08. The van der Waals surface area contributed by atoms with E-state index in [1.165, 1.54) is 0 Å². The lowest BCUT2D eigenvalue weighted by atomic mass is 10.0. The highest BCUT2D eigenvalue weighted by molar-refractivity contribution is 6.30. The summed E-state index contributed by atoms with van der Waals surface area (Å²) in [6, 6.07) is 13.7. The van der Waals surface area contributed by atoms with Crippen LogP contribution in [-0.2, 0) is 13.2 Å². The highest BCUT2D eigenvalue weighted by Gasteiger charge is 2.16. The molecule has 2 aromatic rings. The van der Waals surface area contributed by atoms with Crippen LogP contribution in [-0.4, -0.2) is 12.6 Å². The fourth-order valence-electron chi connectivity index (χ4n) is 2.22. The third-order valence-electron chi connectivity index (χ3n) is 4.22. The first-order chi connectivity index (χ1) is 11.4. The smallest absolute Gasteiger partial charge is 0.166 e. The molecule has 1 N–H and O–H groups in total. The third kappa shape index (κ3) is 6.43. The zero-order valence-electron chi connectivity index (χ0n) is 15.3. The van der Waals surface area contributed by atoms with Gasteiger partial charge in [-0.1, -0.05) is 42.8 Å². The molecule has 3 nitrogen and oxygen atoms in total. The molecular weight excluding hydrogens is 357 g/mol. The van der Waals surface area contributed by atoms with Gasteiger partial charge in [0.1, 0.15) is 6.61 Å². The van der Waals surface area contributed by atoms with E-state index in [0.717, 1.165) is 40.6 Å². The van der Waals surface area contributed by atoms with Crippen molar-refractivity contribution < 1.29 is 9.47 Å². The van der Waals surface area contributed by atoms with Crippen LogP contribution in [0.3, 0.4) is 0 Å². The van der Waals surface area contributed by atoms with Gasteiger partial charge in [0.2, 0.25) is 0 Å². The fraction of sp³-hybridized carbons (Fsp3) is 0.400. The predicted octanol–water partition coefficient (Wildman–Crippen LogP) is 5.63. The van der Waals surface area contributed by atoms with Crippen LogP contribution in [0.2, 0.25) is 5.02 Å². The minimum absolute atomic E-state index is 0. The summed E-state index contributed by atoms with van der Waals surface area (Å²) in [6.07, 6.45) is 1.05. The Labute approximate surface area is 162 Å². The van der Waals surface area contributed by atoms with Crippen LogP contribution in [0, 0.1) is 0 Å². The second kappa shape index (κ2) is 9.91. The number of ether oxygens (including phenoxy) is 2. The molecular formula is C20H27Cl2NO2. The molecule has 0 unspecified atom stereocenters. The monoisotopic (exact) mass is 383 g/mol. The molecule has 0 saturated carbocycles. The van der Waals surface area contributed by atoms with E-state index in [1.54, 1.807) is 7.11 Å². The number of nitrogens with one attached hydrogen (secondary N) is 1. The van der Waals surface area contributed by atoms with Crippen LogP contribution in [0.4, 0.5) is 0 Å². The zero-order chi connectivity index (χ0) is 17.6. The average Bonchev–Trinajstić information content (AvgIpc) is 2.59. The van der Waals surface area contributed by atoms with Crippen molar-refractivity contribution in [2.75, 3.05) is 7.11 Å². The summed E-state index contributed by atoms with van der Waals surface area (Å²) in [4.78, 5) is 0. The zero-order valence-corrected chi connectivity index (χ0v) is 16.8. The molecule has 0 atom stereocenters. The van der Waals surface area contributed by atoms with Gasteiger partial charge >= 0.3 is 0 Å². The van der Waals surface area contributed by atoms with Gasteiger partial charge in [-0.05, 0) is 44.0 Å². The molecule has 2 aromatic carbocycles. The standard InChI is InChI=1S/C20H26ClNO2.ClH/c1-5-20(2,3)22-13-16-7-6-8-18(23-4)19(16)24-14-15-9-11-17(21)12-10-15;/h6-12,22H,5,13-14H2,1-4H3;1H. The number of methoxy groups -OCH3 is 1. The Morgan fingerprint density at radius 1 is 1.08 bits per heavy atom. The van der Waals surface area contributed by atoms with E-state index in [0.29, 0.717) is 6.61 Å². The van der Waals surface area contributed by atoms with Gasteiger partial charge in [0.05, 0.1) is 7.11 Å². The maximum Gasteiger partial charge on any atom is 0.166 e. The molecule has 0 heterocycles. The van der Waals surface area contributed by atoms with E-state index in [2.05, 4.69) is 32.2 Å². The Kier molecular flexibility index (Phi) is 8.57. The van der Waals surface area contributed by atoms with Crippen LogP contribution in [0.5, 0.6) is 11.5 Å². The Bertz CT molecular complexity index is 657. The van der Waals surface area contributed by atoms with Crippen molar-refractivity contribution >= 4 is 24.0 Å². The summed E-state index contributed by atoms with van der Waals surface area (Å²) < 4.78 is 11.6. The van der Waals surface area contributed by atoms with Crippen molar-refractivity contribution in [1.82, 2.24) is 5.32 Å². The van der Waals surface area contributed by atoms with Crippen molar-refractivity contribution in [2.45, 2.75) is 45.9 Å². The first-order valence-electron chi connectivity index (χ1n) is 8.23. The predicted molar refractivity (Wildman–Crippen MR) is 107 cm³/mol. The second-order valence-corrected chi connectivity index (χ2v) is 6.89. The van der Waals surface area contributed by atoms with Gasteiger partial charge in [0, 0.05) is 22.7 Å². The molecule has 2 rings (SSSR count). The minimum Gasteiger partial charge on any atom is -0.493 e. The number of para-hydroxylation sites is 1. The van der Waals surface area contributed by atoms with Gasteiger partial charge in [0.25, 0.3) is 0 Å². The molecule has 0 fully saturated rings. The molecule has 5 heteroatoms. The van der Waals surface area contributed by atoms with Gasteiger partial charge in [-0.15, -0.1) is 12.4 Å². The normalized spacial score (nSPS) is 10.9. The molecule has 0 bridgehead atoms. The number of benzene rings is 2. The van der Waals surface area contributed by atoms with Crippen molar-refractivity contribution in [2.24, 2.45) is 0 Å². The summed E-state index contributed by atoms with van der Waals surface area (Å²) in [7, 11) is 1.66. The molecule has 25 heavy (non-hydrogen) atoms. The first kappa shape index (κ1) is 21.6. The van der Waals surface area contributed by atoms with Crippen LogP contribution < -0.4 is 14.8 Å². The minimum atomic E-state index is 0. The second-order valence-electron chi connectivity index (χ2n) is 6.45. The molecule has 138 valence electrons. The van der Waals surface area contributed by atoms with Gasteiger partial charge in [-0.3, -0.25) is 0 Å².